The van der Waals surface area contributed by atoms with Crippen LogP contribution in [0.15, 0.2) is 144 Å². The SMILES string of the molecule is CCCC(C)N1CCC(N(Cc2ccc3c(c2)OCO3)C(=O)Nc2ccc(Cl)c(Cl)c2)CC1.CCCC(C)N1CCC(N(Cc2ccccc2)C(=O)Nc2cc(C)cc(C)c2)CC1.CCCC(C)N1CCC(N(Cc2ccccc2)C(=O)Nc2ccc(Br)cc2)CC1. The van der Waals surface area contributed by atoms with Crippen LogP contribution >= 0.6 is 39.1 Å². The summed E-state index contributed by atoms with van der Waals surface area (Å²) in [5.41, 5.74) is 8.01. The highest BCUT2D eigenvalue weighted by Gasteiger charge is 2.33. The van der Waals surface area contributed by atoms with Gasteiger partial charge in [0.05, 0.1) is 10.0 Å². The van der Waals surface area contributed by atoms with Gasteiger partial charge in [-0.3, -0.25) is 0 Å². The highest BCUT2D eigenvalue weighted by atomic mass is 79.9. The summed E-state index contributed by atoms with van der Waals surface area (Å²) in [6.45, 7) is 26.0. The molecule has 3 atom stereocenters. The van der Waals surface area contributed by atoms with Gasteiger partial charge in [0.2, 0.25) is 6.79 Å². The molecule has 6 aromatic rings. The van der Waals surface area contributed by atoms with Gasteiger partial charge in [-0.1, -0.05) is 152 Å². The number of carbonyl (C=O) groups is 3. The lowest BCUT2D eigenvalue weighted by atomic mass is 10.00. The molecule has 92 heavy (non-hydrogen) atoms. The van der Waals surface area contributed by atoms with Gasteiger partial charge in [-0.05, 0) is 187 Å². The van der Waals surface area contributed by atoms with E-state index in [9.17, 15) is 14.4 Å². The second kappa shape index (κ2) is 36.4. The molecule has 10 rings (SSSR count). The van der Waals surface area contributed by atoms with Gasteiger partial charge in [0.25, 0.3) is 0 Å². The Bertz CT molecular complexity index is 3210. The van der Waals surface area contributed by atoms with E-state index in [0.717, 1.165) is 122 Å². The van der Waals surface area contributed by atoms with Crippen LogP contribution < -0.4 is 25.4 Å². The first-order chi connectivity index (χ1) is 44.5. The predicted molar refractivity (Wildman–Crippen MR) is 383 cm³/mol. The first-order valence-corrected chi connectivity index (χ1v) is 35.2. The summed E-state index contributed by atoms with van der Waals surface area (Å²) < 4.78 is 12.0. The number of nitrogens with zero attached hydrogens (tertiary/aromatic N) is 6. The van der Waals surface area contributed by atoms with Crippen molar-refractivity contribution in [2.24, 2.45) is 0 Å². The van der Waals surface area contributed by atoms with Gasteiger partial charge in [-0.15, -0.1) is 0 Å². The zero-order valence-corrected chi connectivity index (χ0v) is 58.8. The minimum atomic E-state index is -0.147. The normalized spacial score (nSPS) is 16.6. The van der Waals surface area contributed by atoms with Crippen molar-refractivity contribution in [3.63, 3.8) is 0 Å². The van der Waals surface area contributed by atoms with E-state index in [1.807, 2.05) is 101 Å². The van der Waals surface area contributed by atoms with Gasteiger partial charge in [-0.25, -0.2) is 14.4 Å². The average Bonchev–Trinajstić information content (AvgIpc) is 1.43. The third kappa shape index (κ3) is 21.6. The maximum absolute atomic E-state index is 13.4. The van der Waals surface area contributed by atoms with E-state index >= 15 is 0 Å². The third-order valence-corrected chi connectivity index (χ3v) is 19.8. The quantitative estimate of drug-likeness (QED) is 0.0651. The molecule has 0 aliphatic carbocycles. The fourth-order valence-corrected chi connectivity index (χ4v) is 13.9. The van der Waals surface area contributed by atoms with Crippen molar-refractivity contribution < 1.29 is 23.9 Å². The Morgan fingerprint density at radius 1 is 0.467 bits per heavy atom. The van der Waals surface area contributed by atoms with Crippen LogP contribution in [0.1, 0.15) is 146 Å². The maximum Gasteiger partial charge on any atom is 0.322 e. The number of ether oxygens (including phenoxy) is 2. The van der Waals surface area contributed by atoms with Gasteiger partial charge < -0.3 is 54.8 Å². The summed E-state index contributed by atoms with van der Waals surface area (Å²) in [6, 6.07) is 47.9. The molecule has 14 nitrogen and oxygen atoms in total. The summed E-state index contributed by atoms with van der Waals surface area (Å²) in [6.07, 6.45) is 13.3. The van der Waals surface area contributed by atoms with Crippen LogP contribution in [0.25, 0.3) is 0 Å². The number of hydrogen-bond acceptors (Lipinski definition) is 8. The zero-order chi connectivity index (χ0) is 65.5. The van der Waals surface area contributed by atoms with E-state index in [1.165, 1.54) is 49.7 Å². The van der Waals surface area contributed by atoms with E-state index in [0.29, 0.717) is 53.5 Å². The van der Waals surface area contributed by atoms with Crippen molar-refractivity contribution >= 4 is 74.3 Å². The molecular formula is C75H100BrCl2N9O5. The number of likely N-dealkylation sites (tertiary alicyclic amines) is 3. The summed E-state index contributed by atoms with van der Waals surface area (Å²) in [5.74, 6) is 1.46. The number of aryl methyl sites for hydroxylation is 2. The Morgan fingerprint density at radius 2 is 0.859 bits per heavy atom. The fraction of sp³-hybridized carbons (Fsp3) is 0.480. The second-order valence-electron chi connectivity index (χ2n) is 25.6. The second-order valence-corrected chi connectivity index (χ2v) is 27.3. The van der Waals surface area contributed by atoms with E-state index in [2.05, 4.69) is 137 Å². The molecule has 3 unspecified atom stereocenters. The molecule has 3 fully saturated rings. The Labute approximate surface area is 567 Å². The van der Waals surface area contributed by atoms with Gasteiger partial charge in [0, 0.05) is 117 Å². The number of halogens is 3. The van der Waals surface area contributed by atoms with Crippen LogP contribution in [0.4, 0.5) is 31.4 Å². The van der Waals surface area contributed by atoms with E-state index in [-0.39, 0.29) is 43.0 Å². The molecular weight excluding hydrogens is 1260 g/mol. The largest absolute Gasteiger partial charge is 0.454 e. The molecule has 6 amide bonds. The lowest BCUT2D eigenvalue weighted by Gasteiger charge is -2.40. The standard InChI is InChI=1S/C26H37N3O.C25H31Cl2N3O3.C24H32BrN3O/c1-5-9-22(4)28-14-12-25(13-15-28)29(19-23-10-7-6-8-11-23)26(30)27-24-17-20(2)16-21(3)18-24;1-3-4-17(2)29-11-9-20(10-12-29)30(15-18-5-8-23-24(13-18)33-16-32-23)25(31)28-19-6-7-21(26)22(27)14-19;1-3-7-19(2)27-16-14-23(15-17-27)28(18-20-8-5-4-6-9-20)24(29)26-22-12-10-21(25)11-13-22/h6-8,10-11,16-18,22,25H,5,9,12-15,19H2,1-4H3,(H,27,30);5-8,13-14,17,20H,3-4,9-12,15-16H2,1-2H3,(H,28,31);4-6,8-13,19,23H,3,7,14-18H2,1-2H3,(H,26,29). The number of carbonyl (C=O) groups excluding carboxylic acids is 3. The monoisotopic (exact) mass is 1360 g/mol. The Kier molecular flexibility index (Phi) is 28.3. The predicted octanol–water partition coefficient (Wildman–Crippen LogP) is 18.5. The number of amides is 6. The first kappa shape index (κ1) is 71.5. The third-order valence-electron chi connectivity index (χ3n) is 18.5. The minimum Gasteiger partial charge on any atom is -0.454 e. The van der Waals surface area contributed by atoms with Gasteiger partial charge in [-0.2, -0.15) is 0 Å². The molecule has 6 aromatic carbocycles. The average molecular weight is 1360 g/mol. The van der Waals surface area contributed by atoms with Crippen LogP contribution in [0.3, 0.4) is 0 Å². The molecule has 0 bridgehead atoms. The van der Waals surface area contributed by atoms with Crippen molar-refractivity contribution in [2.75, 3.05) is 62.0 Å². The number of benzene rings is 6. The van der Waals surface area contributed by atoms with Gasteiger partial charge in [0.15, 0.2) is 11.5 Å². The number of fused-ring (bicyclic) bond motifs is 1. The van der Waals surface area contributed by atoms with E-state index in [4.69, 9.17) is 32.7 Å². The van der Waals surface area contributed by atoms with Crippen molar-refractivity contribution in [3.05, 3.63) is 182 Å². The van der Waals surface area contributed by atoms with Gasteiger partial charge in [0.1, 0.15) is 0 Å². The molecule has 4 aliphatic heterocycles. The Morgan fingerprint density at radius 3 is 1.28 bits per heavy atom. The number of piperidine rings is 3. The number of urea groups is 3. The van der Waals surface area contributed by atoms with Crippen molar-refractivity contribution in [1.82, 2.24) is 29.4 Å². The molecule has 0 radical (unpaired) electrons. The van der Waals surface area contributed by atoms with Crippen LogP contribution in [-0.2, 0) is 19.6 Å². The highest BCUT2D eigenvalue weighted by molar-refractivity contribution is 9.10. The molecule has 0 aromatic heterocycles. The van der Waals surface area contributed by atoms with Crippen molar-refractivity contribution in [1.29, 1.82) is 0 Å². The zero-order valence-electron chi connectivity index (χ0n) is 55.7. The summed E-state index contributed by atoms with van der Waals surface area (Å²) in [4.78, 5) is 53.7. The highest BCUT2D eigenvalue weighted by Crippen LogP contribution is 2.35. The fourth-order valence-electron chi connectivity index (χ4n) is 13.4. The first-order valence-electron chi connectivity index (χ1n) is 33.7. The number of hydrogen-bond donors (Lipinski definition) is 3. The smallest absolute Gasteiger partial charge is 0.322 e. The Hall–Kier alpha value is -6.33. The number of anilines is 3. The van der Waals surface area contributed by atoms with Crippen LogP contribution in [0, 0.1) is 13.8 Å². The Balaban J connectivity index is 0.000000178. The van der Waals surface area contributed by atoms with E-state index < -0.39 is 0 Å². The van der Waals surface area contributed by atoms with Crippen molar-refractivity contribution in [3.8, 4) is 11.5 Å². The molecule has 3 saturated heterocycles. The van der Waals surface area contributed by atoms with Crippen LogP contribution in [0.5, 0.6) is 11.5 Å². The topological polar surface area (TPSA) is 125 Å². The van der Waals surface area contributed by atoms with Crippen molar-refractivity contribution in [2.45, 2.75) is 188 Å². The molecule has 496 valence electrons. The lowest BCUT2D eigenvalue weighted by molar-refractivity contribution is 0.0987. The molecule has 0 spiro atoms. The summed E-state index contributed by atoms with van der Waals surface area (Å²) >= 11 is 15.6. The minimum absolute atomic E-state index is 0.00362. The maximum atomic E-state index is 13.4. The number of rotatable bonds is 21. The number of nitrogens with one attached hydrogen (secondary N) is 3. The molecule has 3 N–H and O–H groups in total. The lowest BCUT2D eigenvalue weighted by Crippen LogP contribution is -2.50. The molecule has 0 saturated carbocycles. The van der Waals surface area contributed by atoms with Crippen LogP contribution in [-0.4, -0.2) is 130 Å². The molecule has 17 heteroatoms. The van der Waals surface area contributed by atoms with E-state index in [1.54, 1.807) is 18.2 Å². The molecule has 4 heterocycles. The molecule has 4 aliphatic rings. The van der Waals surface area contributed by atoms with Crippen LogP contribution in [0.2, 0.25) is 10.0 Å². The van der Waals surface area contributed by atoms with Gasteiger partial charge >= 0.3 is 18.1 Å². The summed E-state index contributed by atoms with van der Waals surface area (Å²) in [5, 5.41) is 10.1. The summed E-state index contributed by atoms with van der Waals surface area (Å²) in [7, 11) is 0.